The van der Waals surface area contributed by atoms with E-state index in [4.69, 9.17) is 9.47 Å². The van der Waals surface area contributed by atoms with Gasteiger partial charge in [0.15, 0.2) is 6.29 Å². The maximum atomic E-state index is 5.79. The second-order valence-corrected chi connectivity index (χ2v) is 4.78. The van der Waals surface area contributed by atoms with Crippen LogP contribution in [0.5, 0.6) is 0 Å². The van der Waals surface area contributed by atoms with Crippen LogP contribution in [0.15, 0.2) is 0 Å². The summed E-state index contributed by atoms with van der Waals surface area (Å²) >= 11 is 0. The molecule has 14 heavy (non-hydrogen) atoms. The average molecular weight is 197 g/mol. The van der Waals surface area contributed by atoms with Gasteiger partial charge >= 0.3 is 0 Å². The monoisotopic (exact) mass is 197 g/mol. The van der Waals surface area contributed by atoms with Crippen molar-refractivity contribution in [2.24, 2.45) is 17.8 Å². The topological polar surface area (TPSA) is 30.5 Å². The van der Waals surface area contributed by atoms with Gasteiger partial charge in [0.05, 0.1) is 6.61 Å². The van der Waals surface area contributed by atoms with Gasteiger partial charge in [-0.15, -0.1) is 0 Å². The van der Waals surface area contributed by atoms with Crippen LogP contribution in [-0.2, 0) is 9.47 Å². The zero-order chi connectivity index (χ0) is 9.38. The summed E-state index contributed by atoms with van der Waals surface area (Å²) in [4.78, 5) is 0. The van der Waals surface area contributed by atoms with Gasteiger partial charge in [-0.3, -0.25) is 0 Å². The maximum Gasteiger partial charge on any atom is 0.157 e. The van der Waals surface area contributed by atoms with Crippen molar-refractivity contribution in [3.63, 3.8) is 0 Å². The Balaban J connectivity index is 1.38. The van der Waals surface area contributed by atoms with Gasteiger partial charge in [-0.25, -0.2) is 0 Å². The number of ether oxygens (including phenoxy) is 2. The van der Waals surface area contributed by atoms with Gasteiger partial charge < -0.3 is 14.8 Å². The van der Waals surface area contributed by atoms with E-state index < -0.39 is 0 Å². The average Bonchev–Trinajstić information content (AvgIpc) is 2.69. The highest BCUT2D eigenvalue weighted by atomic mass is 16.7. The molecule has 0 aromatic rings. The molecule has 3 fully saturated rings. The number of nitrogens with one attached hydrogen (secondary N) is 1. The van der Waals surface area contributed by atoms with Crippen LogP contribution < -0.4 is 5.32 Å². The first-order valence-corrected chi connectivity index (χ1v) is 5.89. The molecular weight excluding hydrogens is 178 g/mol. The van der Waals surface area contributed by atoms with E-state index in [-0.39, 0.29) is 6.29 Å². The van der Waals surface area contributed by atoms with E-state index in [1.165, 1.54) is 25.9 Å². The SMILES string of the molecule is C1CCC(OCC2[C@H]3CNC[C@@H]23)OC1. The van der Waals surface area contributed by atoms with Crippen molar-refractivity contribution in [3.05, 3.63) is 0 Å². The molecule has 3 aliphatic rings. The van der Waals surface area contributed by atoms with Gasteiger partial charge in [-0.1, -0.05) is 0 Å². The molecule has 2 aliphatic heterocycles. The summed E-state index contributed by atoms with van der Waals surface area (Å²) in [6.07, 6.45) is 3.68. The third-order valence-electron chi connectivity index (χ3n) is 3.88. The van der Waals surface area contributed by atoms with E-state index in [2.05, 4.69) is 5.32 Å². The Bertz CT molecular complexity index is 191. The van der Waals surface area contributed by atoms with Crippen LogP contribution in [0.25, 0.3) is 0 Å². The van der Waals surface area contributed by atoms with Crippen LogP contribution in [0, 0.1) is 17.8 Å². The van der Waals surface area contributed by atoms with Crippen LogP contribution in [-0.4, -0.2) is 32.6 Å². The lowest BCUT2D eigenvalue weighted by molar-refractivity contribution is -0.165. The maximum absolute atomic E-state index is 5.79. The molecule has 1 aliphatic carbocycles. The van der Waals surface area contributed by atoms with Crippen molar-refractivity contribution in [2.45, 2.75) is 25.6 Å². The van der Waals surface area contributed by atoms with E-state index in [1.807, 2.05) is 0 Å². The lowest BCUT2D eigenvalue weighted by atomic mass is 10.2. The largest absolute Gasteiger partial charge is 0.353 e. The third-order valence-corrected chi connectivity index (χ3v) is 3.88. The smallest absolute Gasteiger partial charge is 0.157 e. The fourth-order valence-electron chi connectivity index (χ4n) is 2.85. The molecule has 2 heterocycles. The van der Waals surface area contributed by atoms with Crippen LogP contribution in [0.3, 0.4) is 0 Å². The molecule has 0 spiro atoms. The van der Waals surface area contributed by atoms with Gasteiger partial charge in [0.1, 0.15) is 0 Å². The number of rotatable bonds is 3. The predicted octanol–water partition coefficient (Wildman–Crippen LogP) is 0.995. The fourth-order valence-corrected chi connectivity index (χ4v) is 2.85. The van der Waals surface area contributed by atoms with Crippen molar-refractivity contribution in [3.8, 4) is 0 Å². The van der Waals surface area contributed by atoms with Crippen LogP contribution in [0.2, 0.25) is 0 Å². The first kappa shape index (κ1) is 9.13. The molecule has 2 saturated heterocycles. The standard InChI is InChI=1S/C11H19NO2/c1-2-4-13-11(3-1)14-7-10-8-5-12-6-9(8)10/h8-12H,1-7H2/t8-,9+,10?,11?. The number of piperidine rings is 1. The molecule has 0 radical (unpaired) electrons. The molecule has 3 rings (SSSR count). The molecule has 1 N–H and O–H groups in total. The van der Waals surface area contributed by atoms with Gasteiger partial charge in [-0.2, -0.15) is 0 Å². The van der Waals surface area contributed by atoms with E-state index in [9.17, 15) is 0 Å². The molecule has 4 atom stereocenters. The molecule has 1 saturated carbocycles. The Labute approximate surface area is 85.1 Å². The zero-order valence-corrected chi connectivity index (χ0v) is 8.58. The van der Waals surface area contributed by atoms with Crippen molar-refractivity contribution in [1.29, 1.82) is 0 Å². The molecule has 0 bridgehead atoms. The normalized spacial score (nSPS) is 46.3. The third kappa shape index (κ3) is 1.69. The first-order chi connectivity index (χ1) is 6.95. The minimum atomic E-state index is 0.109. The Kier molecular flexibility index (Phi) is 2.48. The van der Waals surface area contributed by atoms with E-state index in [0.717, 1.165) is 37.4 Å². The summed E-state index contributed by atoms with van der Waals surface area (Å²) < 4.78 is 11.3. The Morgan fingerprint density at radius 3 is 2.79 bits per heavy atom. The molecule has 0 amide bonds. The molecule has 0 aromatic carbocycles. The highest BCUT2D eigenvalue weighted by Gasteiger charge is 2.52. The van der Waals surface area contributed by atoms with Gasteiger partial charge in [0.25, 0.3) is 0 Å². The minimum Gasteiger partial charge on any atom is -0.353 e. The zero-order valence-electron chi connectivity index (χ0n) is 8.58. The van der Waals surface area contributed by atoms with E-state index in [1.54, 1.807) is 0 Å². The highest BCUT2D eigenvalue weighted by Crippen LogP contribution is 2.48. The van der Waals surface area contributed by atoms with Crippen LogP contribution >= 0.6 is 0 Å². The summed E-state index contributed by atoms with van der Waals surface area (Å²) in [5.74, 6) is 2.67. The van der Waals surface area contributed by atoms with Gasteiger partial charge in [0.2, 0.25) is 0 Å². The van der Waals surface area contributed by atoms with Crippen molar-refractivity contribution >= 4 is 0 Å². The number of hydrogen-bond donors (Lipinski definition) is 1. The van der Waals surface area contributed by atoms with E-state index >= 15 is 0 Å². The number of fused-ring (bicyclic) bond motifs is 1. The van der Waals surface area contributed by atoms with Crippen LogP contribution in [0.1, 0.15) is 19.3 Å². The summed E-state index contributed by atoms with van der Waals surface area (Å²) in [5.41, 5.74) is 0. The lowest BCUT2D eigenvalue weighted by Gasteiger charge is -2.23. The lowest BCUT2D eigenvalue weighted by Crippen LogP contribution is -2.25. The molecule has 2 unspecified atom stereocenters. The summed E-state index contributed by atoms with van der Waals surface area (Å²) in [7, 11) is 0. The predicted molar refractivity (Wildman–Crippen MR) is 52.9 cm³/mol. The van der Waals surface area contributed by atoms with Gasteiger partial charge in [0, 0.05) is 6.61 Å². The first-order valence-electron chi connectivity index (χ1n) is 5.89. The Hall–Kier alpha value is -0.120. The van der Waals surface area contributed by atoms with Crippen LogP contribution in [0.4, 0.5) is 0 Å². The summed E-state index contributed by atoms with van der Waals surface area (Å²) in [5, 5.41) is 3.40. The second-order valence-electron chi connectivity index (χ2n) is 4.78. The molecule has 80 valence electrons. The molecular formula is C11H19NO2. The Morgan fingerprint density at radius 1 is 1.21 bits per heavy atom. The van der Waals surface area contributed by atoms with Crippen molar-refractivity contribution in [1.82, 2.24) is 5.32 Å². The minimum absolute atomic E-state index is 0.109. The summed E-state index contributed by atoms with van der Waals surface area (Å²) in [6.45, 7) is 4.25. The van der Waals surface area contributed by atoms with Crippen molar-refractivity contribution < 1.29 is 9.47 Å². The molecule has 3 heteroatoms. The Morgan fingerprint density at radius 2 is 2.07 bits per heavy atom. The van der Waals surface area contributed by atoms with Crippen molar-refractivity contribution in [2.75, 3.05) is 26.3 Å². The fraction of sp³-hybridized carbons (Fsp3) is 1.00. The quantitative estimate of drug-likeness (QED) is 0.732. The molecule has 3 nitrogen and oxygen atoms in total. The number of hydrogen-bond acceptors (Lipinski definition) is 3. The van der Waals surface area contributed by atoms with E-state index in [0.29, 0.717) is 0 Å². The summed E-state index contributed by atoms with van der Waals surface area (Å²) in [6, 6.07) is 0. The molecule has 0 aromatic heterocycles. The van der Waals surface area contributed by atoms with Gasteiger partial charge in [-0.05, 0) is 50.1 Å². The second kappa shape index (κ2) is 3.80. The highest BCUT2D eigenvalue weighted by molar-refractivity contribution is 5.03.